The SMILES string of the molecule is CCc1sc(N2CC[C@H](N)C2)c(C#N)c1CC. The van der Waals surface area contributed by atoms with Gasteiger partial charge in [-0.05, 0) is 24.8 Å². The van der Waals surface area contributed by atoms with Gasteiger partial charge in [0.25, 0.3) is 0 Å². The minimum Gasteiger partial charge on any atom is -0.361 e. The molecule has 0 amide bonds. The van der Waals surface area contributed by atoms with Gasteiger partial charge >= 0.3 is 0 Å². The van der Waals surface area contributed by atoms with Gasteiger partial charge in [-0.3, -0.25) is 0 Å². The maximum atomic E-state index is 9.36. The Hall–Kier alpha value is -1.05. The third kappa shape index (κ3) is 2.18. The molecule has 1 aliphatic rings. The zero-order valence-electron chi connectivity index (χ0n) is 10.5. The minimum atomic E-state index is 0.263. The summed E-state index contributed by atoms with van der Waals surface area (Å²) >= 11 is 1.78. The number of nitrogens with two attached hydrogens (primary N) is 1. The summed E-state index contributed by atoms with van der Waals surface area (Å²) in [6.07, 6.45) is 3.00. The summed E-state index contributed by atoms with van der Waals surface area (Å²) in [6, 6.07) is 2.65. The third-order valence-corrected chi connectivity index (χ3v) is 4.81. The smallest absolute Gasteiger partial charge is 0.110 e. The first-order valence-electron chi connectivity index (χ1n) is 6.26. The van der Waals surface area contributed by atoms with E-state index in [4.69, 9.17) is 5.73 Å². The van der Waals surface area contributed by atoms with Crippen LogP contribution in [0, 0.1) is 11.3 Å². The van der Waals surface area contributed by atoms with Gasteiger partial charge in [0, 0.05) is 24.0 Å². The van der Waals surface area contributed by atoms with Crippen LogP contribution >= 0.6 is 11.3 Å². The van der Waals surface area contributed by atoms with Gasteiger partial charge in [-0.15, -0.1) is 11.3 Å². The second-order valence-corrected chi connectivity index (χ2v) is 5.58. The largest absolute Gasteiger partial charge is 0.361 e. The molecule has 17 heavy (non-hydrogen) atoms. The summed E-state index contributed by atoms with van der Waals surface area (Å²) < 4.78 is 0. The Bertz CT molecular complexity index is 444. The van der Waals surface area contributed by atoms with Crippen molar-refractivity contribution in [3.63, 3.8) is 0 Å². The van der Waals surface area contributed by atoms with Crippen LogP contribution < -0.4 is 10.6 Å². The molecule has 1 fully saturated rings. The summed E-state index contributed by atoms with van der Waals surface area (Å²) in [5.74, 6) is 0. The van der Waals surface area contributed by atoms with Crippen molar-refractivity contribution < 1.29 is 0 Å². The number of thiophene rings is 1. The Kier molecular flexibility index (Phi) is 3.70. The Balaban J connectivity index is 2.40. The van der Waals surface area contributed by atoms with Crippen molar-refractivity contribution in [1.29, 1.82) is 5.26 Å². The summed E-state index contributed by atoms with van der Waals surface area (Å²) in [6.45, 7) is 6.16. The first kappa shape index (κ1) is 12.4. The van der Waals surface area contributed by atoms with Crippen LogP contribution in [-0.2, 0) is 12.8 Å². The van der Waals surface area contributed by atoms with E-state index in [1.54, 1.807) is 11.3 Å². The Morgan fingerprint density at radius 1 is 1.47 bits per heavy atom. The van der Waals surface area contributed by atoms with Crippen LogP contribution in [-0.4, -0.2) is 19.1 Å². The molecule has 2 heterocycles. The average molecular weight is 249 g/mol. The van der Waals surface area contributed by atoms with E-state index in [1.807, 2.05) is 0 Å². The number of anilines is 1. The highest BCUT2D eigenvalue weighted by Gasteiger charge is 2.25. The molecule has 0 spiro atoms. The number of nitriles is 1. The van der Waals surface area contributed by atoms with Crippen molar-refractivity contribution in [2.24, 2.45) is 5.73 Å². The van der Waals surface area contributed by atoms with E-state index in [9.17, 15) is 5.26 Å². The molecule has 1 atom stereocenters. The summed E-state index contributed by atoms with van der Waals surface area (Å²) in [4.78, 5) is 3.64. The van der Waals surface area contributed by atoms with E-state index in [0.29, 0.717) is 0 Å². The third-order valence-electron chi connectivity index (χ3n) is 3.37. The van der Waals surface area contributed by atoms with Crippen LogP contribution in [0.1, 0.15) is 36.3 Å². The number of rotatable bonds is 3. The zero-order chi connectivity index (χ0) is 12.4. The quantitative estimate of drug-likeness (QED) is 0.894. The molecular formula is C13H19N3S. The maximum Gasteiger partial charge on any atom is 0.110 e. The highest BCUT2D eigenvalue weighted by molar-refractivity contribution is 7.16. The van der Waals surface area contributed by atoms with Gasteiger partial charge in [0.2, 0.25) is 0 Å². The van der Waals surface area contributed by atoms with Crippen LogP contribution in [0.25, 0.3) is 0 Å². The van der Waals surface area contributed by atoms with Gasteiger partial charge in [-0.25, -0.2) is 0 Å². The molecular weight excluding hydrogens is 230 g/mol. The van der Waals surface area contributed by atoms with Crippen molar-refractivity contribution in [1.82, 2.24) is 0 Å². The molecule has 4 heteroatoms. The van der Waals surface area contributed by atoms with E-state index in [1.165, 1.54) is 10.4 Å². The standard InChI is InChI=1S/C13H19N3S/c1-3-10-11(7-14)13(17-12(10)4-2)16-6-5-9(15)8-16/h9H,3-6,8,15H2,1-2H3/t9-/m0/s1. The predicted octanol–water partition coefficient (Wildman–Crippen LogP) is 2.28. The molecule has 92 valence electrons. The highest BCUT2D eigenvalue weighted by atomic mass is 32.1. The lowest BCUT2D eigenvalue weighted by Gasteiger charge is -2.16. The fraction of sp³-hybridized carbons (Fsp3) is 0.615. The monoisotopic (exact) mass is 249 g/mol. The van der Waals surface area contributed by atoms with Crippen LogP contribution in [0.5, 0.6) is 0 Å². The lowest BCUT2D eigenvalue weighted by Crippen LogP contribution is -2.26. The van der Waals surface area contributed by atoms with E-state index in [2.05, 4.69) is 24.8 Å². The molecule has 1 saturated heterocycles. The lowest BCUT2D eigenvalue weighted by molar-refractivity contribution is 0.752. The van der Waals surface area contributed by atoms with Gasteiger partial charge in [-0.1, -0.05) is 13.8 Å². The van der Waals surface area contributed by atoms with Crippen LogP contribution in [0.2, 0.25) is 0 Å². The number of hydrogen-bond donors (Lipinski definition) is 1. The van der Waals surface area contributed by atoms with Gasteiger partial charge in [0.15, 0.2) is 0 Å². The van der Waals surface area contributed by atoms with Gasteiger partial charge < -0.3 is 10.6 Å². The first-order chi connectivity index (χ1) is 8.21. The van der Waals surface area contributed by atoms with Gasteiger partial charge in [0.05, 0.1) is 5.56 Å². The van der Waals surface area contributed by atoms with E-state index >= 15 is 0 Å². The normalized spacial score (nSPS) is 19.6. The Labute approximate surface area is 107 Å². The molecule has 0 bridgehead atoms. The van der Waals surface area contributed by atoms with E-state index < -0.39 is 0 Å². The molecule has 1 aliphatic heterocycles. The van der Waals surface area contributed by atoms with Gasteiger partial charge in [-0.2, -0.15) is 5.26 Å². The number of hydrogen-bond acceptors (Lipinski definition) is 4. The molecule has 0 unspecified atom stereocenters. The second-order valence-electron chi connectivity index (χ2n) is 4.50. The lowest BCUT2D eigenvalue weighted by atomic mass is 10.1. The molecule has 2 rings (SSSR count). The molecule has 2 N–H and O–H groups in total. The Morgan fingerprint density at radius 2 is 2.24 bits per heavy atom. The van der Waals surface area contributed by atoms with Crippen LogP contribution in [0.4, 0.5) is 5.00 Å². The van der Waals surface area contributed by atoms with Crippen molar-refractivity contribution in [2.45, 2.75) is 39.2 Å². The van der Waals surface area contributed by atoms with Crippen LogP contribution in [0.15, 0.2) is 0 Å². The second kappa shape index (κ2) is 5.07. The Morgan fingerprint density at radius 3 is 2.71 bits per heavy atom. The van der Waals surface area contributed by atoms with Gasteiger partial charge in [0.1, 0.15) is 11.1 Å². The maximum absolute atomic E-state index is 9.36. The summed E-state index contributed by atoms with van der Waals surface area (Å²) in [7, 11) is 0. The molecule has 0 radical (unpaired) electrons. The summed E-state index contributed by atoms with van der Waals surface area (Å²) in [5.41, 5.74) is 8.08. The van der Waals surface area contributed by atoms with Crippen molar-refractivity contribution in [2.75, 3.05) is 18.0 Å². The molecule has 1 aromatic rings. The fourth-order valence-corrected chi connectivity index (χ4v) is 3.78. The molecule has 0 saturated carbocycles. The van der Waals surface area contributed by atoms with Crippen LogP contribution in [0.3, 0.4) is 0 Å². The number of nitrogens with zero attached hydrogens (tertiary/aromatic N) is 2. The fourth-order valence-electron chi connectivity index (χ4n) is 2.47. The van der Waals surface area contributed by atoms with E-state index in [0.717, 1.165) is 42.9 Å². The molecule has 3 nitrogen and oxygen atoms in total. The topological polar surface area (TPSA) is 53.0 Å². The van der Waals surface area contributed by atoms with Crippen molar-refractivity contribution >= 4 is 16.3 Å². The zero-order valence-corrected chi connectivity index (χ0v) is 11.3. The summed E-state index contributed by atoms with van der Waals surface area (Å²) in [5, 5.41) is 10.5. The molecule has 0 aromatic carbocycles. The highest BCUT2D eigenvalue weighted by Crippen LogP contribution is 2.37. The van der Waals surface area contributed by atoms with Crippen molar-refractivity contribution in [3.05, 3.63) is 16.0 Å². The molecule has 0 aliphatic carbocycles. The van der Waals surface area contributed by atoms with E-state index in [-0.39, 0.29) is 6.04 Å². The first-order valence-corrected chi connectivity index (χ1v) is 7.08. The average Bonchev–Trinajstić information content (AvgIpc) is 2.91. The molecule has 1 aromatic heterocycles. The number of aryl methyl sites for hydroxylation is 1. The van der Waals surface area contributed by atoms with Crippen molar-refractivity contribution in [3.8, 4) is 6.07 Å². The predicted molar refractivity (Wildman–Crippen MR) is 72.6 cm³/mol. The minimum absolute atomic E-state index is 0.263.